The number of amides is 3. The Morgan fingerprint density at radius 1 is 1.00 bits per heavy atom. The van der Waals surface area contributed by atoms with Crippen molar-refractivity contribution in [2.75, 3.05) is 6.61 Å². The Labute approximate surface area is 258 Å². The van der Waals surface area contributed by atoms with Crippen molar-refractivity contribution in [2.24, 2.45) is 0 Å². The van der Waals surface area contributed by atoms with Gasteiger partial charge in [0, 0.05) is 13.0 Å². The van der Waals surface area contributed by atoms with Crippen molar-refractivity contribution in [3.05, 3.63) is 113 Å². The quantitative estimate of drug-likeness (QED) is 0.284. The number of ether oxygens (including phenoxy) is 1. The second kappa shape index (κ2) is 13.4. The SMILES string of the molecule is CC(=O)CC[C@@H](C(=O)NCc1cccc(C(F)(F)F)c1)N1C(=O)[C@@H](N2C(=O)OC[C@@H]2c2ccccc2)C1C=Cc1ccccc1. The minimum Gasteiger partial charge on any atom is -0.447 e. The van der Waals surface area contributed by atoms with E-state index in [1.54, 1.807) is 12.2 Å². The van der Waals surface area contributed by atoms with Gasteiger partial charge in [-0.2, -0.15) is 13.2 Å². The van der Waals surface area contributed by atoms with Crippen LogP contribution in [0.1, 0.15) is 48.1 Å². The van der Waals surface area contributed by atoms with Crippen LogP contribution in [0.25, 0.3) is 6.08 Å². The normalized spacial score (nSPS) is 20.6. The smallest absolute Gasteiger partial charge is 0.416 e. The number of cyclic esters (lactones) is 1. The first kappa shape index (κ1) is 31.5. The molecule has 0 bridgehead atoms. The van der Waals surface area contributed by atoms with Gasteiger partial charge in [-0.3, -0.25) is 14.5 Å². The van der Waals surface area contributed by atoms with E-state index in [0.29, 0.717) is 0 Å². The minimum atomic E-state index is -4.55. The van der Waals surface area contributed by atoms with Crippen LogP contribution < -0.4 is 5.32 Å². The third-order valence-corrected chi connectivity index (χ3v) is 7.96. The Hall–Kier alpha value is -4.93. The zero-order valence-electron chi connectivity index (χ0n) is 24.4. The molecule has 11 heteroatoms. The van der Waals surface area contributed by atoms with Gasteiger partial charge in [-0.25, -0.2) is 4.79 Å². The Balaban J connectivity index is 1.44. The molecule has 0 spiro atoms. The lowest BCUT2D eigenvalue weighted by Crippen LogP contribution is -2.74. The van der Waals surface area contributed by atoms with E-state index in [1.807, 2.05) is 60.7 Å². The summed E-state index contributed by atoms with van der Waals surface area (Å²) in [6, 6.07) is 19.6. The van der Waals surface area contributed by atoms with Gasteiger partial charge in [-0.15, -0.1) is 0 Å². The number of carbonyl (C=O) groups is 4. The first-order valence-corrected chi connectivity index (χ1v) is 14.5. The Morgan fingerprint density at radius 2 is 1.69 bits per heavy atom. The van der Waals surface area contributed by atoms with Crippen molar-refractivity contribution in [1.29, 1.82) is 0 Å². The molecule has 3 amide bonds. The van der Waals surface area contributed by atoms with E-state index in [0.717, 1.165) is 23.3 Å². The fourth-order valence-corrected chi connectivity index (χ4v) is 5.71. The summed E-state index contributed by atoms with van der Waals surface area (Å²) in [5, 5.41) is 2.65. The number of nitrogens with one attached hydrogen (secondary N) is 1. The zero-order valence-corrected chi connectivity index (χ0v) is 24.4. The summed E-state index contributed by atoms with van der Waals surface area (Å²) < 4.78 is 45.1. The molecular formula is C34H32F3N3O5. The number of benzene rings is 3. The van der Waals surface area contributed by atoms with Gasteiger partial charge in [0.1, 0.15) is 24.5 Å². The highest BCUT2D eigenvalue weighted by atomic mass is 19.4. The fraction of sp³-hybridized carbons (Fsp3) is 0.294. The Kier molecular flexibility index (Phi) is 9.36. The van der Waals surface area contributed by atoms with Gasteiger partial charge in [0.25, 0.3) is 0 Å². The van der Waals surface area contributed by atoms with E-state index in [1.165, 1.54) is 28.9 Å². The van der Waals surface area contributed by atoms with Crippen LogP contribution in [0.4, 0.5) is 18.0 Å². The molecule has 3 aromatic carbocycles. The van der Waals surface area contributed by atoms with Crippen LogP contribution in [0.15, 0.2) is 91.0 Å². The van der Waals surface area contributed by atoms with Crippen molar-refractivity contribution in [1.82, 2.24) is 15.1 Å². The number of hydrogen-bond acceptors (Lipinski definition) is 5. The molecule has 1 N–H and O–H groups in total. The van der Waals surface area contributed by atoms with Gasteiger partial charge in [-0.05, 0) is 42.2 Å². The van der Waals surface area contributed by atoms with E-state index < -0.39 is 53.8 Å². The molecule has 2 fully saturated rings. The molecule has 8 nitrogen and oxygen atoms in total. The summed E-state index contributed by atoms with van der Waals surface area (Å²) in [6.07, 6.45) is -1.69. The first-order valence-electron chi connectivity index (χ1n) is 14.5. The van der Waals surface area contributed by atoms with E-state index in [9.17, 15) is 32.3 Å². The molecule has 5 rings (SSSR count). The highest BCUT2D eigenvalue weighted by molar-refractivity contribution is 5.98. The van der Waals surface area contributed by atoms with Crippen LogP contribution in [0.3, 0.4) is 0 Å². The maximum Gasteiger partial charge on any atom is 0.416 e. The van der Waals surface area contributed by atoms with Gasteiger partial charge in [0.05, 0.1) is 17.6 Å². The zero-order chi connectivity index (χ0) is 32.1. The summed E-state index contributed by atoms with van der Waals surface area (Å²) in [7, 11) is 0. The van der Waals surface area contributed by atoms with E-state index >= 15 is 0 Å². The summed E-state index contributed by atoms with van der Waals surface area (Å²) >= 11 is 0. The number of halogens is 3. The molecule has 0 radical (unpaired) electrons. The van der Waals surface area contributed by atoms with Crippen LogP contribution in [-0.4, -0.2) is 58.2 Å². The van der Waals surface area contributed by atoms with Crippen molar-refractivity contribution in [3.8, 4) is 0 Å². The minimum absolute atomic E-state index is 0.00947. The molecule has 45 heavy (non-hydrogen) atoms. The largest absolute Gasteiger partial charge is 0.447 e. The average molecular weight is 620 g/mol. The monoisotopic (exact) mass is 619 g/mol. The number of hydrogen-bond donors (Lipinski definition) is 1. The predicted octanol–water partition coefficient (Wildman–Crippen LogP) is 5.55. The van der Waals surface area contributed by atoms with Crippen LogP contribution in [0.2, 0.25) is 0 Å². The topological polar surface area (TPSA) is 96.0 Å². The third kappa shape index (κ3) is 7.08. The Bertz CT molecular complexity index is 1580. The van der Waals surface area contributed by atoms with Gasteiger partial charge < -0.3 is 19.7 Å². The number of ketones is 1. The fourth-order valence-electron chi connectivity index (χ4n) is 5.71. The summed E-state index contributed by atoms with van der Waals surface area (Å²) in [5.41, 5.74) is 0.989. The molecule has 0 saturated carbocycles. The van der Waals surface area contributed by atoms with Crippen molar-refractivity contribution in [3.63, 3.8) is 0 Å². The highest BCUT2D eigenvalue weighted by Gasteiger charge is 2.57. The second-order valence-electron chi connectivity index (χ2n) is 11.0. The number of Topliss-reactive ketones (excluding diaryl/α,β-unsaturated/α-hetero) is 1. The van der Waals surface area contributed by atoms with Crippen LogP contribution in [0, 0.1) is 0 Å². The molecule has 0 aromatic heterocycles. The van der Waals surface area contributed by atoms with Crippen molar-refractivity contribution in [2.45, 2.75) is 56.7 Å². The number of nitrogens with zero attached hydrogens (tertiary/aromatic N) is 2. The van der Waals surface area contributed by atoms with Gasteiger partial charge in [-0.1, -0.05) is 84.9 Å². The number of β-lactam (4-membered cyclic amide) rings is 1. The molecule has 2 saturated heterocycles. The summed E-state index contributed by atoms with van der Waals surface area (Å²) in [5.74, 6) is -1.32. The number of rotatable bonds is 11. The van der Waals surface area contributed by atoms with Gasteiger partial charge in [0.2, 0.25) is 11.8 Å². The van der Waals surface area contributed by atoms with Crippen molar-refractivity contribution >= 4 is 29.8 Å². The molecule has 0 aliphatic carbocycles. The average Bonchev–Trinajstić information content (AvgIpc) is 3.40. The second-order valence-corrected chi connectivity index (χ2v) is 11.0. The molecule has 2 aliphatic heterocycles. The maximum absolute atomic E-state index is 14.0. The highest BCUT2D eigenvalue weighted by Crippen LogP contribution is 2.39. The predicted molar refractivity (Wildman–Crippen MR) is 159 cm³/mol. The van der Waals surface area contributed by atoms with E-state index in [4.69, 9.17) is 4.74 Å². The maximum atomic E-state index is 14.0. The van der Waals surface area contributed by atoms with Crippen LogP contribution in [-0.2, 0) is 31.8 Å². The van der Waals surface area contributed by atoms with E-state index in [-0.39, 0.29) is 37.3 Å². The molecule has 2 aliphatic rings. The first-order chi connectivity index (χ1) is 21.5. The molecule has 3 aromatic rings. The summed E-state index contributed by atoms with van der Waals surface area (Å²) in [6.45, 7) is 1.20. The molecule has 234 valence electrons. The molecule has 1 unspecified atom stereocenters. The lowest BCUT2D eigenvalue weighted by Gasteiger charge is -2.52. The summed E-state index contributed by atoms with van der Waals surface area (Å²) in [4.78, 5) is 55.4. The van der Waals surface area contributed by atoms with Crippen LogP contribution >= 0.6 is 0 Å². The standard InChI is InChI=1S/C34H32F3N3O5/c1-22(41)15-17-28(31(42)38-20-24-11-8-14-26(19-24)34(35,36)37)39-27(18-16-23-9-4-2-5-10-23)30(32(39)43)40-29(21-45-33(40)44)25-12-6-3-7-13-25/h2-14,16,18-19,27-30H,15,17,20-21H2,1H3,(H,38,42)/t27?,28-,29+,30-/m0/s1. The number of likely N-dealkylation sites (tertiary alicyclic amines) is 1. The van der Waals surface area contributed by atoms with Crippen LogP contribution in [0.5, 0.6) is 0 Å². The Morgan fingerprint density at radius 3 is 2.36 bits per heavy atom. The number of carbonyl (C=O) groups excluding carboxylic acids is 4. The van der Waals surface area contributed by atoms with E-state index in [2.05, 4.69) is 5.32 Å². The van der Waals surface area contributed by atoms with Gasteiger partial charge in [0.15, 0.2) is 0 Å². The van der Waals surface area contributed by atoms with Crippen molar-refractivity contribution < 1.29 is 37.1 Å². The van der Waals surface area contributed by atoms with Gasteiger partial charge >= 0.3 is 12.3 Å². The lowest BCUT2D eigenvalue weighted by atomic mass is 9.87. The molecule has 4 atom stereocenters. The lowest BCUT2D eigenvalue weighted by molar-refractivity contribution is -0.163. The molecule has 2 heterocycles. The third-order valence-electron chi connectivity index (χ3n) is 7.96. The molecular weight excluding hydrogens is 587 g/mol. The number of alkyl halides is 3.